The molecule has 0 unspecified atom stereocenters. The van der Waals surface area contributed by atoms with Crippen LogP contribution in [0.3, 0.4) is 0 Å². The maximum Gasteiger partial charge on any atom is 0.302 e. The van der Waals surface area contributed by atoms with E-state index in [2.05, 4.69) is 0 Å². The first-order valence-corrected chi connectivity index (χ1v) is 13.6. The van der Waals surface area contributed by atoms with Crippen molar-refractivity contribution in [2.45, 2.75) is 32.9 Å². The zero-order valence-corrected chi connectivity index (χ0v) is 23.3. The number of rotatable bonds is 12. The number of unbranched alkanes of at least 4 members (excludes halogenated alkanes) is 1. The first kappa shape index (κ1) is 29.1. The molecule has 0 fully saturated rings. The van der Waals surface area contributed by atoms with Gasteiger partial charge in [-0.3, -0.25) is 19.3 Å². The third kappa shape index (κ3) is 8.07. The number of ether oxygens (including phenoxy) is 3. The lowest BCUT2D eigenvalue weighted by Crippen LogP contribution is -2.40. The van der Waals surface area contributed by atoms with Crippen molar-refractivity contribution in [2.75, 3.05) is 37.8 Å². The minimum absolute atomic E-state index is 0.0860. The Kier molecular flexibility index (Phi) is 10.5. The van der Waals surface area contributed by atoms with Crippen LogP contribution in [0.4, 0.5) is 5.69 Å². The van der Waals surface area contributed by atoms with Crippen molar-refractivity contribution < 1.29 is 28.6 Å². The maximum absolute atomic E-state index is 13.6. The predicted molar refractivity (Wildman–Crippen MR) is 152 cm³/mol. The van der Waals surface area contributed by atoms with Crippen LogP contribution in [0, 0.1) is 0 Å². The van der Waals surface area contributed by atoms with E-state index in [-0.39, 0.29) is 48.1 Å². The molecule has 0 aliphatic carbocycles. The number of carbonyl (C=O) groups excluding carboxylic acids is 3. The Labute approximate surface area is 239 Å². The summed E-state index contributed by atoms with van der Waals surface area (Å²) in [6.45, 7) is 3.68. The van der Waals surface area contributed by atoms with Crippen LogP contribution in [0.5, 0.6) is 5.75 Å². The van der Waals surface area contributed by atoms with Gasteiger partial charge in [-0.25, -0.2) is 0 Å². The first-order valence-electron chi connectivity index (χ1n) is 13.3. The van der Waals surface area contributed by atoms with Crippen molar-refractivity contribution in [3.8, 4) is 5.75 Å². The lowest BCUT2D eigenvalue weighted by Gasteiger charge is -2.23. The fraction of sp³-hybridized carbons (Fsp3) is 0.323. The highest BCUT2D eigenvalue weighted by molar-refractivity contribution is 6.34. The summed E-state index contributed by atoms with van der Waals surface area (Å²) in [7, 11) is 0. The smallest absolute Gasteiger partial charge is 0.302 e. The highest BCUT2D eigenvalue weighted by Crippen LogP contribution is 2.30. The molecule has 210 valence electrons. The Hall–Kier alpha value is -3.88. The molecular weight excluding hydrogens is 532 g/mol. The van der Waals surface area contributed by atoms with Crippen molar-refractivity contribution in [2.24, 2.45) is 0 Å². The average molecular weight is 565 g/mol. The van der Waals surface area contributed by atoms with Gasteiger partial charge >= 0.3 is 5.97 Å². The van der Waals surface area contributed by atoms with Crippen molar-refractivity contribution >= 4 is 35.1 Å². The number of halogens is 1. The standard InChI is InChI=1S/C31H33ClN2O6/c1-23(35)39-17-18-40-26-13-14-27(28(32)19-26)31(37)34-21-30(36)33(20-25-11-5-6-12-29(25)34)15-7-8-16-38-22-24-9-3-2-4-10-24/h2-6,9-14,19H,7-8,15-18,20-22H2,1H3. The van der Waals surface area contributed by atoms with Gasteiger partial charge in [0.2, 0.25) is 5.91 Å². The van der Waals surface area contributed by atoms with Gasteiger partial charge in [-0.15, -0.1) is 0 Å². The second kappa shape index (κ2) is 14.5. The first-order chi connectivity index (χ1) is 19.4. The summed E-state index contributed by atoms with van der Waals surface area (Å²) in [5.41, 5.74) is 2.98. The van der Waals surface area contributed by atoms with Gasteiger partial charge in [-0.2, -0.15) is 0 Å². The number of benzene rings is 3. The molecule has 9 heteroatoms. The van der Waals surface area contributed by atoms with Crippen LogP contribution in [0.15, 0.2) is 72.8 Å². The topological polar surface area (TPSA) is 85.4 Å². The summed E-state index contributed by atoms with van der Waals surface area (Å²) < 4.78 is 16.2. The molecule has 0 saturated heterocycles. The van der Waals surface area contributed by atoms with Crippen LogP contribution in [-0.2, 0) is 32.2 Å². The van der Waals surface area contributed by atoms with E-state index in [1.807, 2.05) is 54.6 Å². The van der Waals surface area contributed by atoms with E-state index in [0.717, 1.165) is 24.0 Å². The van der Waals surface area contributed by atoms with E-state index in [1.54, 1.807) is 23.1 Å². The number of hydrogen-bond acceptors (Lipinski definition) is 6. The summed E-state index contributed by atoms with van der Waals surface area (Å²) in [5, 5.41) is 0.205. The average Bonchev–Trinajstić information content (AvgIpc) is 3.09. The van der Waals surface area contributed by atoms with Crippen LogP contribution in [0.2, 0.25) is 5.02 Å². The molecule has 0 saturated carbocycles. The molecule has 40 heavy (non-hydrogen) atoms. The van der Waals surface area contributed by atoms with Gasteiger partial charge in [0, 0.05) is 32.3 Å². The Balaban J connectivity index is 1.36. The van der Waals surface area contributed by atoms with E-state index < -0.39 is 0 Å². The molecule has 0 aromatic heterocycles. The molecule has 1 aliphatic heterocycles. The second-order valence-corrected chi connectivity index (χ2v) is 9.82. The van der Waals surface area contributed by atoms with Crippen LogP contribution in [0.1, 0.15) is 41.3 Å². The molecule has 1 heterocycles. The third-order valence-corrected chi connectivity index (χ3v) is 6.75. The number of anilines is 1. The van der Waals surface area contributed by atoms with Gasteiger partial charge in [-0.1, -0.05) is 60.1 Å². The molecule has 3 aromatic carbocycles. The zero-order valence-electron chi connectivity index (χ0n) is 22.5. The molecule has 0 N–H and O–H groups in total. The monoisotopic (exact) mass is 564 g/mol. The third-order valence-electron chi connectivity index (χ3n) is 6.44. The van der Waals surface area contributed by atoms with Crippen molar-refractivity contribution in [3.63, 3.8) is 0 Å². The molecule has 0 radical (unpaired) electrons. The largest absolute Gasteiger partial charge is 0.490 e. The number of carbonyl (C=O) groups is 3. The van der Waals surface area contributed by atoms with Crippen LogP contribution in [0.25, 0.3) is 0 Å². The molecule has 8 nitrogen and oxygen atoms in total. The summed E-state index contributed by atoms with van der Waals surface area (Å²) in [5.74, 6) is -0.439. The highest BCUT2D eigenvalue weighted by atomic mass is 35.5. The molecule has 4 rings (SSSR count). The molecule has 0 spiro atoms. The van der Waals surface area contributed by atoms with Gasteiger partial charge in [0.1, 0.15) is 25.5 Å². The number of fused-ring (bicyclic) bond motifs is 1. The summed E-state index contributed by atoms with van der Waals surface area (Å²) in [6, 6.07) is 22.3. The number of nitrogens with zero attached hydrogens (tertiary/aromatic N) is 2. The summed E-state index contributed by atoms with van der Waals surface area (Å²) in [6.07, 6.45) is 1.62. The summed E-state index contributed by atoms with van der Waals surface area (Å²) in [4.78, 5) is 41.1. The van der Waals surface area contributed by atoms with Gasteiger partial charge in [0.25, 0.3) is 5.91 Å². The lowest BCUT2D eigenvalue weighted by molar-refractivity contribution is -0.141. The highest BCUT2D eigenvalue weighted by Gasteiger charge is 2.30. The number of amides is 2. The maximum atomic E-state index is 13.6. The van der Waals surface area contributed by atoms with Crippen LogP contribution >= 0.6 is 11.6 Å². The minimum Gasteiger partial charge on any atom is -0.490 e. The van der Waals surface area contributed by atoms with Gasteiger partial charge in [0.05, 0.1) is 17.2 Å². The van der Waals surface area contributed by atoms with Crippen LogP contribution in [-0.4, -0.2) is 55.6 Å². The Morgan fingerprint density at radius 2 is 1.68 bits per heavy atom. The number of hydrogen-bond donors (Lipinski definition) is 0. The molecule has 3 aromatic rings. The zero-order chi connectivity index (χ0) is 28.3. The van der Waals surface area contributed by atoms with Crippen molar-refractivity contribution in [1.82, 2.24) is 4.90 Å². The fourth-order valence-corrected chi connectivity index (χ4v) is 4.68. The van der Waals surface area contributed by atoms with E-state index in [0.29, 0.717) is 37.7 Å². The van der Waals surface area contributed by atoms with Gasteiger partial charge in [-0.05, 0) is 48.2 Å². The fourth-order valence-electron chi connectivity index (χ4n) is 4.43. The molecule has 2 amide bonds. The van der Waals surface area contributed by atoms with Crippen LogP contribution < -0.4 is 9.64 Å². The Morgan fingerprint density at radius 1 is 0.900 bits per heavy atom. The minimum atomic E-state index is -0.388. The number of para-hydroxylation sites is 1. The Bertz CT molecular complexity index is 1320. The van der Waals surface area contributed by atoms with Crippen molar-refractivity contribution in [1.29, 1.82) is 0 Å². The Morgan fingerprint density at radius 3 is 2.45 bits per heavy atom. The van der Waals surface area contributed by atoms with Gasteiger partial charge < -0.3 is 19.1 Å². The van der Waals surface area contributed by atoms with E-state index in [9.17, 15) is 14.4 Å². The molecule has 0 atom stereocenters. The number of esters is 1. The molecule has 0 bridgehead atoms. The molecular formula is C31H33ClN2O6. The lowest BCUT2D eigenvalue weighted by atomic mass is 10.1. The predicted octanol–water partition coefficient (Wildman–Crippen LogP) is 5.27. The van der Waals surface area contributed by atoms with E-state index in [1.165, 1.54) is 11.8 Å². The quantitative estimate of drug-likeness (QED) is 0.220. The SMILES string of the molecule is CC(=O)OCCOc1ccc(C(=O)N2CC(=O)N(CCCCOCc3ccccc3)Cc3ccccc32)c(Cl)c1. The van der Waals surface area contributed by atoms with Crippen molar-refractivity contribution in [3.05, 3.63) is 94.5 Å². The normalized spacial score (nSPS) is 13.0. The van der Waals surface area contributed by atoms with Gasteiger partial charge in [0.15, 0.2) is 0 Å². The second-order valence-electron chi connectivity index (χ2n) is 9.41. The molecule has 1 aliphatic rings. The van der Waals surface area contributed by atoms with E-state index in [4.69, 9.17) is 25.8 Å². The summed E-state index contributed by atoms with van der Waals surface area (Å²) >= 11 is 6.47. The van der Waals surface area contributed by atoms with E-state index >= 15 is 0 Å².